The fraction of sp³-hybridized carbons (Fsp3) is 0.111. The number of benzene rings is 6. The van der Waals surface area contributed by atoms with Crippen molar-refractivity contribution in [3.63, 3.8) is 0 Å². The van der Waals surface area contributed by atoms with Crippen LogP contribution in [0.1, 0.15) is 31.7 Å². The van der Waals surface area contributed by atoms with Crippen LogP contribution in [0.2, 0.25) is 0 Å². The van der Waals surface area contributed by atoms with Crippen LogP contribution in [0.25, 0.3) is 54.9 Å². The third-order valence-electron chi connectivity index (χ3n) is 7.59. The van der Waals surface area contributed by atoms with Gasteiger partial charge in [-0.3, -0.25) is 0 Å². The van der Waals surface area contributed by atoms with E-state index in [1.54, 1.807) is 0 Å². The fourth-order valence-corrected chi connectivity index (χ4v) is 5.51. The molecule has 0 fully saturated rings. The van der Waals surface area contributed by atoms with Gasteiger partial charge >= 0.3 is 0 Å². The van der Waals surface area contributed by atoms with Gasteiger partial charge in [0.05, 0.1) is 0 Å². The van der Waals surface area contributed by atoms with Gasteiger partial charge in [0.15, 0.2) is 0 Å². The zero-order chi connectivity index (χ0) is 24.5. The summed E-state index contributed by atoms with van der Waals surface area (Å²) in [6.45, 7) is 4.56. The zero-order valence-electron chi connectivity index (χ0n) is 20.9. The second kappa shape index (κ2) is 9.47. The van der Waals surface area contributed by atoms with E-state index in [0.29, 0.717) is 5.92 Å². The monoisotopic (exact) mass is 462 g/mol. The standard InChI is InChI=1S/C36H30/c1-3-25(2)26-21-23-28(24-22-26)35-31-17-9-11-19-33(31)36(34-20-12-10-18-32(34)35)30-16-8-7-15-29(30)27-13-5-4-6-14-27/h4-25H,3H2,1-2H3. The second-order valence-electron chi connectivity index (χ2n) is 9.68. The van der Waals surface area contributed by atoms with Gasteiger partial charge in [0.25, 0.3) is 0 Å². The summed E-state index contributed by atoms with van der Waals surface area (Å²) in [5, 5.41) is 5.18. The summed E-state index contributed by atoms with van der Waals surface area (Å²) in [6.07, 6.45) is 1.15. The van der Waals surface area contributed by atoms with Crippen molar-refractivity contribution in [2.24, 2.45) is 0 Å². The fourth-order valence-electron chi connectivity index (χ4n) is 5.51. The zero-order valence-corrected chi connectivity index (χ0v) is 20.9. The van der Waals surface area contributed by atoms with Crippen LogP contribution in [-0.2, 0) is 0 Å². The molecule has 0 aliphatic rings. The lowest BCUT2D eigenvalue weighted by molar-refractivity contribution is 0.734. The minimum atomic E-state index is 0.574. The summed E-state index contributed by atoms with van der Waals surface area (Å²) in [7, 11) is 0. The predicted molar refractivity (Wildman–Crippen MR) is 156 cm³/mol. The van der Waals surface area contributed by atoms with Crippen molar-refractivity contribution >= 4 is 21.5 Å². The molecule has 0 radical (unpaired) electrons. The highest BCUT2D eigenvalue weighted by Gasteiger charge is 2.18. The van der Waals surface area contributed by atoms with E-state index in [-0.39, 0.29) is 0 Å². The molecule has 0 aliphatic carbocycles. The van der Waals surface area contributed by atoms with Crippen molar-refractivity contribution in [3.05, 3.63) is 133 Å². The molecular formula is C36H30. The second-order valence-corrected chi connectivity index (χ2v) is 9.68. The van der Waals surface area contributed by atoms with Gasteiger partial charge in [0.2, 0.25) is 0 Å². The third kappa shape index (κ3) is 3.80. The molecule has 0 heterocycles. The van der Waals surface area contributed by atoms with Crippen LogP contribution in [0.15, 0.2) is 127 Å². The van der Waals surface area contributed by atoms with Gasteiger partial charge in [-0.1, -0.05) is 141 Å². The molecule has 0 amide bonds. The molecule has 0 N–H and O–H groups in total. The summed E-state index contributed by atoms with van der Waals surface area (Å²) in [6, 6.07) is 46.6. The van der Waals surface area contributed by atoms with Gasteiger partial charge in [0, 0.05) is 0 Å². The Hall–Kier alpha value is -4.16. The first-order chi connectivity index (χ1) is 17.8. The van der Waals surface area contributed by atoms with Gasteiger partial charge in [0.1, 0.15) is 0 Å². The van der Waals surface area contributed by atoms with Gasteiger partial charge in [-0.2, -0.15) is 0 Å². The predicted octanol–water partition coefficient (Wildman–Crippen LogP) is 10.5. The van der Waals surface area contributed by atoms with Crippen molar-refractivity contribution in [3.8, 4) is 33.4 Å². The molecule has 0 aliphatic heterocycles. The normalized spacial score (nSPS) is 12.2. The van der Waals surface area contributed by atoms with Crippen LogP contribution in [0.4, 0.5) is 0 Å². The highest BCUT2D eigenvalue weighted by Crippen LogP contribution is 2.45. The van der Waals surface area contributed by atoms with Crippen LogP contribution in [-0.4, -0.2) is 0 Å². The number of fused-ring (bicyclic) bond motifs is 2. The van der Waals surface area contributed by atoms with E-state index in [4.69, 9.17) is 0 Å². The molecule has 0 saturated carbocycles. The van der Waals surface area contributed by atoms with E-state index >= 15 is 0 Å². The first kappa shape index (κ1) is 22.3. The highest BCUT2D eigenvalue weighted by atomic mass is 14.2. The Balaban J connectivity index is 1.68. The summed E-state index contributed by atoms with van der Waals surface area (Å²) in [4.78, 5) is 0. The van der Waals surface area contributed by atoms with Crippen LogP contribution in [0.3, 0.4) is 0 Å². The Labute approximate surface area is 213 Å². The molecule has 6 rings (SSSR count). The van der Waals surface area contributed by atoms with E-state index in [0.717, 1.165) is 6.42 Å². The maximum absolute atomic E-state index is 2.31. The van der Waals surface area contributed by atoms with Gasteiger partial charge in [-0.05, 0) is 72.8 Å². The lowest BCUT2D eigenvalue weighted by atomic mass is 9.83. The van der Waals surface area contributed by atoms with Crippen molar-refractivity contribution < 1.29 is 0 Å². The Morgan fingerprint density at radius 2 is 0.917 bits per heavy atom. The number of hydrogen-bond donors (Lipinski definition) is 0. The van der Waals surface area contributed by atoms with Crippen molar-refractivity contribution in [2.75, 3.05) is 0 Å². The van der Waals surface area contributed by atoms with E-state index in [2.05, 4.69) is 141 Å². The highest BCUT2D eigenvalue weighted by molar-refractivity contribution is 6.22. The number of rotatable bonds is 5. The smallest absolute Gasteiger partial charge is 0.00201 e. The minimum Gasteiger partial charge on any atom is -0.0648 e. The summed E-state index contributed by atoms with van der Waals surface area (Å²) < 4.78 is 0. The largest absolute Gasteiger partial charge is 0.0648 e. The maximum atomic E-state index is 2.31. The minimum absolute atomic E-state index is 0.574. The Bertz CT molecular complexity index is 1600. The van der Waals surface area contributed by atoms with E-state index < -0.39 is 0 Å². The van der Waals surface area contributed by atoms with Gasteiger partial charge < -0.3 is 0 Å². The van der Waals surface area contributed by atoms with Gasteiger partial charge in [-0.25, -0.2) is 0 Å². The van der Waals surface area contributed by atoms with Crippen LogP contribution in [0.5, 0.6) is 0 Å². The van der Waals surface area contributed by atoms with E-state index in [1.165, 1.54) is 60.5 Å². The van der Waals surface area contributed by atoms with Gasteiger partial charge in [-0.15, -0.1) is 0 Å². The summed E-state index contributed by atoms with van der Waals surface area (Å²) in [5.74, 6) is 0.574. The topological polar surface area (TPSA) is 0 Å². The quantitative estimate of drug-likeness (QED) is 0.223. The van der Waals surface area contributed by atoms with Crippen molar-refractivity contribution in [1.82, 2.24) is 0 Å². The third-order valence-corrected chi connectivity index (χ3v) is 7.59. The maximum Gasteiger partial charge on any atom is -0.00201 e. The first-order valence-electron chi connectivity index (χ1n) is 12.9. The molecule has 0 saturated heterocycles. The SMILES string of the molecule is CCC(C)c1ccc(-c2c3ccccc3c(-c3ccccc3-c3ccccc3)c3ccccc23)cc1. The van der Waals surface area contributed by atoms with E-state index in [1.807, 2.05) is 0 Å². The molecule has 0 bridgehead atoms. The molecule has 1 atom stereocenters. The molecule has 174 valence electrons. The van der Waals surface area contributed by atoms with Crippen molar-refractivity contribution in [1.29, 1.82) is 0 Å². The average Bonchev–Trinajstić information content (AvgIpc) is 2.96. The van der Waals surface area contributed by atoms with Crippen LogP contribution >= 0.6 is 0 Å². The molecule has 0 heteroatoms. The Kier molecular flexibility index (Phi) is 5.87. The van der Waals surface area contributed by atoms with Crippen LogP contribution < -0.4 is 0 Å². The Morgan fingerprint density at radius 3 is 1.47 bits per heavy atom. The summed E-state index contributed by atoms with van der Waals surface area (Å²) >= 11 is 0. The van der Waals surface area contributed by atoms with Crippen molar-refractivity contribution in [2.45, 2.75) is 26.2 Å². The number of hydrogen-bond acceptors (Lipinski definition) is 0. The average molecular weight is 463 g/mol. The lowest BCUT2D eigenvalue weighted by Crippen LogP contribution is -1.94. The molecule has 0 aromatic heterocycles. The van der Waals surface area contributed by atoms with Crippen LogP contribution in [0, 0.1) is 0 Å². The van der Waals surface area contributed by atoms with E-state index in [9.17, 15) is 0 Å². The molecule has 36 heavy (non-hydrogen) atoms. The molecule has 6 aromatic carbocycles. The molecular weight excluding hydrogens is 432 g/mol. The molecule has 0 nitrogen and oxygen atoms in total. The lowest BCUT2D eigenvalue weighted by Gasteiger charge is -2.20. The molecule has 0 spiro atoms. The Morgan fingerprint density at radius 1 is 0.444 bits per heavy atom. The molecule has 6 aromatic rings. The summed E-state index contributed by atoms with van der Waals surface area (Å²) in [5.41, 5.74) is 9.08. The first-order valence-corrected chi connectivity index (χ1v) is 12.9. The molecule has 1 unspecified atom stereocenters.